The van der Waals surface area contributed by atoms with Gasteiger partial charge in [-0.3, -0.25) is 9.59 Å². The minimum Gasteiger partial charge on any atom is -0.497 e. The fraction of sp³-hybridized carbons (Fsp3) is 0.231. The van der Waals surface area contributed by atoms with Crippen molar-refractivity contribution in [1.29, 1.82) is 0 Å². The Morgan fingerprint density at radius 2 is 1.78 bits per heavy atom. The van der Waals surface area contributed by atoms with Gasteiger partial charge in [-0.15, -0.1) is 11.8 Å². The molecular formula is C26H25NO4S. The number of ether oxygens (including phenoxy) is 2. The summed E-state index contributed by atoms with van der Waals surface area (Å²) in [5.41, 5.74) is 3.59. The van der Waals surface area contributed by atoms with Crippen LogP contribution in [0, 0.1) is 5.92 Å². The van der Waals surface area contributed by atoms with Crippen LogP contribution in [0.2, 0.25) is 0 Å². The van der Waals surface area contributed by atoms with Crippen LogP contribution in [-0.4, -0.2) is 31.7 Å². The van der Waals surface area contributed by atoms with E-state index < -0.39 is 5.92 Å². The molecule has 0 fully saturated rings. The number of fused-ring (bicyclic) bond motifs is 1. The number of methoxy groups -OCH3 is 2. The largest absolute Gasteiger partial charge is 0.497 e. The lowest BCUT2D eigenvalue weighted by atomic mass is 9.97. The number of aryl methyl sites for hydroxylation is 2. The van der Waals surface area contributed by atoms with Crippen molar-refractivity contribution in [2.45, 2.75) is 17.7 Å². The van der Waals surface area contributed by atoms with E-state index in [2.05, 4.69) is 5.32 Å². The lowest BCUT2D eigenvalue weighted by Gasteiger charge is -2.22. The minimum absolute atomic E-state index is 0.109. The maximum Gasteiger partial charge on any atom is 0.236 e. The van der Waals surface area contributed by atoms with E-state index in [0.29, 0.717) is 17.0 Å². The topological polar surface area (TPSA) is 64.6 Å². The molecule has 0 aromatic heterocycles. The summed E-state index contributed by atoms with van der Waals surface area (Å²) in [6, 6.07) is 21.0. The molecule has 6 heteroatoms. The molecule has 1 amide bonds. The first-order valence-electron chi connectivity index (χ1n) is 10.5. The highest BCUT2D eigenvalue weighted by Crippen LogP contribution is 2.33. The molecular weight excluding hydrogens is 422 g/mol. The van der Waals surface area contributed by atoms with Crippen LogP contribution < -0.4 is 14.8 Å². The van der Waals surface area contributed by atoms with Crippen LogP contribution >= 0.6 is 11.8 Å². The number of hydrogen-bond donors (Lipinski definition) is 1. The molecule has 0 bridgehead atoms. The summed E-state index contributed by atoms with van der Waals surface area (Å²) < 4.78 is 10.7. The van der Waals surface area contributed by atoms with E-state index in [4.69, 9.17) is 9.47 Å². The van der Waals surface area contributed by atoms with E-state index in [1.807, 2.05) is 60.7 Å². The number of thioether (sulfide) groups is 1. The molecule has 0 spiro atoms. The van der Waals surface area contributed by atoms with Gasteiger partial charge in [-0.25, -0.2) is 0 Å². The molecule has 1 aliphatic heterocycles. The van der Waals surface area contributed by atoms with Gasteiger partial charge >= 0.3 is 0 Å². The Morgan fingerprint density at radius 1 is 1.00 bits per heavy atom. The highest BCUT2D eigenvalue weighted by molar-refractivity contribution is 7.99. The molecule has 0 saturated carbocycles. The molecule has 1 aliphatic rings. The van der Waals surface area contributed by atoms with Crippen LogP contribution in [0.3, 0.4) is 0 Å². The first-order valence-corrected chi connectivity index (χ1v) is 11.4. The Balaban J connectivity index is 1.36. The lowest BCUT2D eigenvalue weighted by molar-refractivity contribution is -0.118. The first-order chi connectivity index (χ1) is 15.6. The van der Waals surface area contributed by atoms with Crippen LogP contribution in [0.5, 0.6) is 11.5 Å². The standard InChI is InChI=1S/C26H25NO4S/c1-30-20-14-11-18(23(15-20)31-2)10-7-17-8-12-19(13-9-17)27-26(29)22-16-32-24-6-4-3-5-21(24)25(22)28/h3-6,8-9,11-15,22H,7,10,16H2,1-2H3,(H,27,29). The fourth-order valence-corrected chi connectivity index (χ4v) is 4.90. The van der Waals surface area contributed by atoms with Crippen LogP contribution in [0.1, 0.15) is 21.5 Å². The van der Waals surface area contributed by atoms with E-state index in [1.165, 1.54) is 0 Å². The maximum absolute atomic E-state index is 12.7. The maximum atomic E-state index is 12.7. The number of rotatable bonds is 7. The van der Waals surface area contributed by atoms with Crippen LogP contribution in [0.25, 0.3) is 0 Å². The zero-order valence-electron chi connectivity index (χ0n) is 18.1. The molecule has 1 heterocycles. The smallest absolute Gasteiger partial charge is 0.236 e. The number of carbonyl (C=O) groups excluding carboxylic acids is 2. The van der Waals surface area contributed by atoms with Crippen LogP contribution in [0.15, 0.2) is 71.6 Å². The van der Waals surface area contributed by atoms with Crippen molar-refractivity contribution < 1.29 is 19.1 Å². The van der Waals surface area contributed by atoms with E-state index in [-0.39, 0.29) is 11.7 Å². The highest BCUT2D eigenvalue weighted by atomic mass is 32.2. The number of hydrogen-bond acceptors (Lipinski definition) is 5. The van der Waals surface area contributed by atoms with Crippen molar-refractivity contribution in [2.75, 3.05) is 25.3 Å². The minimum atomic E-state index is -0.669. The number of anilines is 1. The van der Waals surface area contributed by atoms with Crippen molar-refractivity contribution >= 4 is 29.1 Å². The van der Waals surface area contributed by atoms with Gasteiger partial charge in [0.05, 0.1) is 14.2 Å². The SMILES string of the molecule is COc1ccc(CCc2ccc(NC(=O)C3CSc4ccccc4C3=O)cc2)c(OC)c1. The average molecular weight is 448 g/mol. The van der Waals surface area contributed by atoms with Crippen LogP contribution in [-0.2, 0) is 17.6 Å². The third-order valence-electron chi connectivity index (χ3n) is 5.59. The summed E-state index contributed by atoms with van der Waals surface area (Å²) in [7, 11) is 3.29. The molecule has 0 aliphatic carbocycles. The summed E-state index contributed by atoms with van der Waals surface area (Å²) in [4.78, 5) is 26.4. The Morgan fingerprint density at radius 3 is 2.53 bits per heavy atom. The Hall–Kier alpha value is -3.25. The Kier molecular flexibility index (Phi) is 6.81. The number of amides is 1. The van der Waals surface area contributed by atoms with Crippen molar-refractivity contribution in [2.24, 2.45) is 5.92 Å². The van der Waals surface area contributed by atoms with Gasteiger partial charge in [-0.1, -0.05) is 36.4 Å². The van der Waals surface area contributed by atoms with Gasteiger partial charge < -0.3 is 14.8 Å². The van der Waals surface area contributed by atoms with Crippen molar-refractivity contribution in [3.05, 3.63) is 83.4 Å². The van der Waals surface area contributed by atoms with E-state index >= 15 is 0 Å². The summed E-state index contributed by atoms with van der Waals surface area (Å²) in [6.07, 6.45) is 1.66. The second kappa shape index (κ2) is 9.92. The predicted octanol–water partition coefficient (Wildman–Crippen LogP) is 5.03. The fourth-order valence-electron chi connectivity index (χ4n) is 3.75. The van der Waals surface area contributed by atoms with Gasteiger partial charge in [0.1, 0.15) is 17.4 Å². The molecule has 5 nitrogen and oxygen atoms in total. The number of nitrogens with one attached hydrogen (secondary N) is 1. The molecule has 1 unspecified atom stereocenters. The van der Waals surface area contributed by atoms with E-state index in [9.17, 15) is 9.59 Å². The number of carbonyl (C=O) groups is 2. The van der Waals surface area contributed by atoms with Gasteiger partial charge in [-0.2, -0.15) is 0 Å². The van der Waals surface area contributed by atoms with E-state index in [0.717, 1.165) is 40.4 Å². The van der Waals surface area contributed by atoms with Gasteiger partial charge in [0.2, 0.25) is 5.91 Å². The average Bonchev–Trinajstić information content (AvgIpc) is 2.83. The summed E-state index contributed by atoms with van der Waals surface area (Å²) in [5, 5.41) is 2.90. The zero-order valence-corrected chi connectivity index (χ0v) is 18.9. The molecule has 1 N–H and O–H groups in total. The highest BCUT2D eigenvalue weighted by Gasteiger charge is 2.33. The Labute approximate surface area is 192 Å². The van der Waals surface area contributed by atoms with Crippen molar-refractivity contribution in [1.82, 2.24) is 0 Å². The second-order valence-electron chi connectivity index (χ2n) is 7.59. The lowest BCUT2D eigenvalue weighted by Crippen LogP contribution is -2.34. The third-order valence-corrected chi connectivity index (χ3v) is 6.76. The Bertz CT molecular complexity index is 1130. The molecule has 3 aromatic carbocycles. The van der Waals surface area contributed by atoms with Crippen LogP contribution in [0.4, 0.5) is 5.69 Å². The van der Waals surface area contributed by atoms with Crippen molar-refractivity contribution in [3.63, 3.8) is 0 Å². The van der Waals surface area contributed by atoms with Gasteiger partial charge in [0.15, 0.2) is 5.78 Å². The molecule has 3 aromatic rings. The number of ketones is 1. The molecule has 0 saturated heterocycles. The molecule has 164 valence electrons. The molecule has 4 rings (SSSR count). The zero-order chi connectivity index (χ0) is 22.5. The summed E-state index contributed by atoms with van der Waals surface area (Å²) >= 11 is 1.55. The van der Waals surface area contributed by atoms with Crippen molar-refractivity contribution in [3.8, 4) is 11.5 Å². The monoisotopic (exact) mass is 447 g/mol. The summed E-state index contributed by atoms with van der Waals surface area (Å²) in [5.74, 6) is 1.00. The third kappa shape index (κ3) is 4.81. The quantitative estimate of drug-likeness (QED) is 0.515. The second-order valence-corrected chi connectivity index (χ2v) is 8.65. The van der Waals surface area contributed by atoms with Gasteiger partial charge in [-0.05, 0) is 48.2 Å². The van der Waals surface area contributed by atoms with Gasteiger partial charge in [0, 0.05) is 28.0 Å². The number of Topliss-reactive ketones (excluding diaryl/α,β-unsaturated/α-hetero) is 1. The molecule has 0 radical (unpaired) electrons. The first kappa shape index (κ1) is 22.0. The molecule has 32 heavy (non-hydrogen) atoms. The summed E-state index contributed by atoms with van der Waals surface area (Å²) in [6.45, 7) is 0. The van der Waals surface area contributed by atoms with E-state index in [1.54, 1.807) is 32.0 Å². The number of benzene rings is 3. The molecule has 1 atom stereocenters. The van der Waals surface area contributed by atoms with Gasteiger partial charge in [0.25, 0.3) is 0 Å². The predicted molar refractivity (Wildman–Crippen MR) is 127 cm³/mol. The normalized spacial score (nSPS) is 15.1.